The number of nitrogens with zero attached hydrogens (tertiary/aromatic N) is 1. The number of hydrogen-bond donors (Lipinski definition) is 1. The van der Waals surface area contributed by atoms with E-state index in [2.05, 4.69) is 0 Å². The van der Waals surface area contributed by atoms with Gasteiger partial charge in [0.25, 0.3) is 5.91 Å². The first-order valence-electron chi connectivity index (χ1n) is 8.08. The van der Waals surface area contributed by atoms with Crippen LogP contribution in [0.3, 0.4) is 0 Å². The molecule has 0 bridgehead atoms. The number of methoxy groups -OCH3 is 1. The molecule has 0 saturated carbocycles. The SMILES string of the molecule is COCC1(C(=O)O)CCCN(C(=O)c2oc3ccc(F)cc3c2C)C1. The number of carboxylic acid groups (broad SMARTS) is 1. The fourth-order valence-electron chi connectivity index (χ4n) is 3.48. The van der Waals surface area contributed by atoms with E-state index in [1.807, 2.05) is 0 Å². The number of carboxylic acids is 1. The summed E-state index contributed by atoms with van der Waals surface area (Å²) in [4.78, 5) is 26.1. The largest absolute Gasteiger partial charge is 0.481 e. The number of ether oxygens (including phenoxy) is 1. The Bertz CT molecular complexity index is 826. The first kappa shape index (κ1) is 17.4. The number of rotatable bonds is 4. The topological polar surface area (TPSA) is 80.0 Å². The van der Waals surface area contributed by atoms with E-state index < -0.39 is 17.2 Å². The van der Waals surface area contributed by atoms with Gasteiger partial charge in [-0.05, 0) is 38.0 Å². The summed E-state index contributed by atoms with van der Waals surface area (Å²) in [5, 5.41) is 10.1. The van der Waals surface area contributed by atoms with Crippen molar-refractivity contribution in [2.75, 3.05) is 26.8 Å². The summed E-state index contributed by atoms with van der Waals surface area (Å²) < 4.78 is 24.1. The molecule has 0 spiro atoms. The molecule has 3 rings (SSSR count). The van der Waals surface area contributed by atoms with Crippen LogP contribution in [-0.4, -0.2) is 48.7 Å². The normalized spacial score (nSPS) is 20.8. The molecule has 1 atom stereocenters. The molecular formula is C18H20FNO5. The van der Waals surface area contributed by atoms with Crippen molar-refractivity contribution in [2.24, 2.45) is 5.41 Å². The van der Waals surface area contributed by atoms with Crippen molar-refractivity contribution >= 4 is 22.8 Å². The van der Waals surface area contributed by atoms with Gasteiger partial charge in [-0.3, -0.25) is 9.59 Å². The summed E-state index contributed by atoms with van der Waals surface area (Å²) in [6, 6.07) is 4.08. The van der Waals surface area contributed by atoms with Crippen molar-refractivity contribution in [3.63, 3.8) is 0 Å². The molecule has 1 aliphatic rings. The van der Waals surface area contributed by atoms with Gasteiger partial charge in [0.2, 0.25) is 0 Å². The number of aliphatic carboxylic acids is 1. The van der Waals surface area contributed by atoms with Crippen molar-refractivity contribution in [1.29, 1.82) is 0 Å². The maximum atomic E-state index is 13.4. The zero-order valence-corrected chi connectivity index (χ0v) is 14.2. The summed E-state index contributed by atoms with van der Waals surface area (Å²) in [6.07, 6.45) is 1.01. The van der Waals surface area contributed by atoms with Crippen molar-refractivity contribution < 1.29 is 28.2 Å². The zero-order valence-electron chi connectivity index (χ0n) is 14.2. The number of furan rings is 1. The number of benzene rings is 1. The minimum Gasteiger partial charge on any atom is -0.481 e. The highest BCUT2D eigenvalue weighted by Gasteiger charge is 2.44. The lowest BCUT2D eigenvalue weighted by atomic mass is 9.80. The van der Waals surface area contributed by atoms with Gasteiger partial charge >= 0.3 is 5.97 Å². The Hall–Kier alpha value is -2.41. The van der Waals surface area contributed by atoms with Crippen molar-refractivity contribution in [3.05, 3.63) is 35.3 Å². The second-order valence-electron chi connectivity index (χ2n) is 6.55. The number of aryl methyl sites for hydroxylation is 1. The predicted molar refractivity (Wildman–Crippen MR) is 88.0 cm³/mol. The smallest absolute Gasteiger partial charge is 0.313 e. The summed E-state index contributed by atoms with van der Waals surface area (Å²) >= 11 is 0. The van der Waals surface area contributed by atoms with Gasteiger partial charge in [-0.1, -0.05) is 0 Å². The van der Waals surface area contributed by atoms with Crippen LogP contribution in [0.2, 0.25) is 0 Å². The Kier molecular flexibility index (Phi) is 4.51. The monoisotopic (exact) mass is 349 g/mol. The lowest BCUT2D eigenvalue weighted by Crippen LogP contribution is -2.52. The van der Waals surface area contributed by atoms with E-state index in [1.165, 1.54) is 30.2 Å². The molecule has 0 radical (unpaired) electrons. The molecule has 1 N–H and O–H groups in total. The molecule has 1 aromatic heterocycles. The number of halogens is 1. The van der Waals surface area contributed by atoms with Gasteiger partial charge in [0.05, 0.1) is 6.61 Å². The Balaban J connectivity index is 1.92. The van der Waals surface area contributed by atoms with Crippen LogP contribution in [0, 0.1) is 18.2 Å². The molecule has 25 heavy (non-hydrogen) atoms. The number of carbonyl (C=O) groups excluding carboxylic acids is 1. The van der Waals surface area contributed by atoms with E-state index in [0.717, 1.165) is 0 Å². The van der Waals surface area contributed by atoms with Crippen LogP contribution >= 0.6 is 0 Å². The molecule has 0 aliphatic carbocycles. The van der Waals surface area contributed by atoms with Crippen LogP contribution in [0.4, 0.5) is 4.39 Å². The average Bonchev–Trinajstić information content (AvgIpc) is 2.91. The molecule has 6 nitrogen and oxygen atoms in total. The van der Waals surface area contributed by atoms with Gasteiger partial charge in [-0.25, -0.2) is 4.39 Å². The second-order valence-corrected chi connectivity index (χ2v) is 6.55. The van der Waals surface area contributed by atoms with E-state index in [1.54, 1.807) is 6.92 Å². The van der Waals surface area contributed by atoms with Crippen LogP contribution in [0.5, 0.6) is 0 Å². The summed E-state index contributed by atoms with van der Waals surface area (Å²) in [5.41, 5.74) is -0.132. The van der Waals surface area contributed by atoms with Crippen molar-refractivity contribution in [1.82, 2.24) is 4.90 Å². The first-order chi connectivity index (χ1) is 11.9. The Morgan fingerprint density at radius 3 is 2.88 bits per heavy atom. The molecule has 1 fully saturated rings. The molecule has 134 valence electrons. The van der Waals surface area contributed by atoms with Gasteiger partial charge in [0.1, 0.15) is 16.8 Å². The maximum absolute atomic E-state index is 13.4. The Labute approximate surface area is 144 Å². The number of hydrogen-bond acceptors (Lipinski definition) is 4. The number of fused-ring (bicyclic) bond motifs is 1. The first-order valence-corrected chi connectivity index (χ1v) is 8.08. The quantitative estimate of drug-likeness (QED) is 0.918. The lowest BCUT2D eigenvalue weighted by molar-refractivity contribution is -0.155. The van der Waals surface area contributed by atoms with Gasteiger partial charge < -0.3 is 19.2 Å². The van der Waals surface area contributed by atoms with Gasteiger partial charge in [-0.2, -0.15) is 0 Å². The molecule has 7 heteroatoms. The van der Waals surface area contributed by atoms with E-state index in [9.17, 15) is 19.1 Å². The van der Waals surface area contributed by atoms with Crippen LogP contribution in [0.25, 0.3) is 11.0 Å². The van der Waals surface area contributed by atoms with Gasteiger partial charge in [-0.15, -0.1) is 0 Å². The highest BCUT2D eigenvalue weighted by atomic mass is 19.1. The fourth-order valence-corrected chi connectivity index (χ4v) is 3.48. The molecule has 1 saturated heterocycles. The van der Waals surface area contributed by atoms with Crippen molar-refractivity contribution in [3.8, 4) is 0 Å². The molecule has 2 aromatic rings. The van der Waals surface area contributed by atoms with Gasteiger partial charge in [0.15, 0.2) is 5.76 Å². The average molecular weight is 349 g/mol. The maximum Gasteiger partial charge on any atom is 0.313 e. The molecule has 1 unspecified atom stereocenters. The number of likely N-dealkylation sites (tertiary alicyclic amines) is 1. The van der Waals surface area contributed by atoms with E-state index in [-0.39, 0.29) is 24.8 Å². The second kappa shape index (κ2) is 6.48. The third kappa shape index (κ3) is 3.00. The number of piperidine rings is 1. The van der Waals surface area contributed by atoms with E-state index in [0.29, 0.717) is 35.9 Å². The Morgan fingerprint density at radius 1 is 1.44 bits per heavy atom. The van der Waals surface area contributed by atoms with Crippen molar-refractivity contribution in [2.45, 2.75) is 19.8 Å². The zero-order chi connectivity index (χ0) is 18.2. The number of amides is 1. The third-order valence-corrected chi connectivity index (χ3v) is 4.83. The summed E-state index contributed by atoms with van der Waals surface area (Å²) in [7, 11) is 1.45. The summed E-state index contributed by atoms with van der Waals surface area (Å²) in [5.74, 6) is -1.64. The van der Waals surface area contributed by atoms with E-state index >= 15 is 0 Å². The van der Waals surface area contributed by atoms with Crippen LogP contribution < -0.4 is 0 Å². The minimum atomic E-state index is -1.12. The van der Waals surface area contributed by atoms with Gasteiger partial charge in [0, 0.05) is 31.1 Å². The van der Waals surface area contributed by atoms with Crippen LogP contribution in [-0.2, 0) is 9.53 Å². The molecule has 1 amide bonds. The highest BCUT2D eigenvalue weighted by Crippen LogP contribution is 2.33. The van der Waals surface area contributed by atoms with Crippen LogP contribution in [0.15, 0.2) is 22.6 Å². The molecular weight excluding hydrogens is 329 g/mol. The standard InChI is InChI=1S/C18H20FNO5/c1-11-13-8-12(19)4-5-14(13)25-15(11)16(21)20-7-3-6-18(9-20,10-24-2)17(22)23/h4-5,8H,3,6-7,9-10H2,1-2H3,(H,22,23). The molecule has 1 aromatic carbocycles. The lowest BCUT2D eigenvalue weighted by Gasteiger charge is -2.39. The molecule has 2 heterocycles. The minimum absolute atomic E-state index is 0.0381. The van der Waals surface area contributed by atoms with E-state index in [4.69, 9.17) is 9.15 Å². The molecule has 1 aliphatic heterocycles. The Morgan fingerprint density at radius 2 is 2.20 bits per heavy atom. The van der Waals surface area contributed by atoms with Crippen LogP contribution in [0.1, 0.15) is 29.0 Å². The predicted octanol–water partition coefficient (Wildman–Crippen LogP) is 2.83. The fraction of sp³-hybridized carbons (Fsp3) is 0.444. The highest BCUT2D eigenvalue weighted by molar-refractivity contribution is 5.99. The third-order valence-electron chi connectivity index (χ3n) is 4.83. The number of carbonyl (C=O) groups is 2. The summed E-state index contributed by atoms with van der Waals surface area (Å²) in [6.45, 7) is 2.24.